The van der Waals surface area contributed by atoms with E-state index in [0.717, 1.165) is 12.0 Å². The molecule has 0 radical (unpaired) electrons. The first-order valence-corrected chi connectivity index (χ1v) is 6.00. The Morgan fingerprint density at radius 2 is 2.06 bits per heavy atom. The second-order valence-corrected chi connectivity index (χ2v) is 4.89. The molecule has 0 bridgehead atoms. The van der Waals surface area contributed by atoms with Crippen molar-refractivity contribution in [2.24, 2.45) is 5.41 Å². The topological polar surface area (TPSA) is 61.5 Å². The van der Waals surface area contributed by atoms with E-state index in [1.807, 2.05) is 18.2 Å². The molecule has 1 aromatic rings. The van der Waals surface area contributed by atoms with Crippen molar-refractivity contribution in [3.63, 3.8) is 0 Å². The molecule has 100 valence electrons. The van der Waals surface area contributed by atoms with Gasteiger partial charge in [-0.05, 0) is 38.0 Å². The SMILES string of the molecule is CCc1ccc(OCC(C)(C)C(=O)OC)c(N)c1. The lowest BCUT2D eigenvalue weighted by molar-refractivity contribution is -0.152. The number of rotatable bonds is 5. The van der Waals surface area contributed by atoms with Crippen molar-refractivity contribution in [2.75, 3.05) is 19.5 Å². The summed E-state index contributed by atoms with van der Waals surface area (Å²) in [5, 5.41) is 0. The number of carbonyl (C=O) groups excluding carboxylic acids is 1. The van der Waals surface area contributed by atoms with Crippen molar-refractivity contribution >= 4 is 11.7 Å². The van der Waals surface area contributed by atoms with Gasteiger partial charge >= 0.3 is 5.97 Å². The highest BCUT2D eigenvalue weighted by Gasteiger charge is 2.29. The van der Waals surface area contributed by atoms with Crippen LogP contribution in [0, 0.1) is 5.41 Å². The number of nitrogens with two attached hydrogens (primary N) is 1. The minimum atomic E-state index is -0.690. The molecule has 0 amide bonds. The van der Waals surface area contributed by atoms with Crippen molar-refractivity contribution in [1.82, 2.24) is 0 Å². The molecule has 0 aromatic heterocycles. The molecule has 0 aliphatic rings. The predicted molar refractivity (Wildman–Crippen MR) is 71.5 cm³/mol. The quantitative estimate of drug-likeness (QED) is 0.645. The lowest BCUT2D eigenvalue weighted by Gasteiger charge is -2.22. The second kappa shape index (κ2) is 5.76. The van der Waals surface area contributed by atoms with Crippen molar-refractivity contribution in [3.8, 4) is 5.75 Å². The summed E-state index contributed by atoms with van der Waals surface area (Å²) in [6.07, 6.45) is 0.929. The summed E-state index contributed by atoms with van der Waals surface area (Å²) in [6.45, 7) is 5.84. The van der Waals surface area contributed by atoms with Crippen LogP contribution in [0.3, 0.4) is 0 Å². The Bertz CT molecular complexity index is 427. The normalized spacial score (nSPS) is 11.1. The zero-order chi connectivity index (χ0) is 13.8. The summed E-state index contributed by atoms with van der Waals surface area (Å²) < 4.78 is 10.3. The lowest BCUT2D eigenvalue weighted by Crippen LogP contribution is -2.32. The number of esters is 1. The van der Waals surface area contributed by atoms with E-state index in [1.54, 1.807) is 13.8 Å². The van der Waals surface area contributed by atoms with E-state index in [9.17, 15) is 4.79 Å². The van der Waals surface area contributed by atoms with Crippen LogP contribution in [0.2, 0.25) is 0 Å². The zero-order valence-electron chi connectivity index (χ0n) is 11.4. The molecule has 0 spiro atoms. The summed E-state index contributed by atoms with van der Waals surface area (Å²) in [4.78, 5) is 11.5. The standard InChI is InChI=1S/C14H21NO3/c1-5-10-6-7-12(11(15)8-10)18-9-14(2,3)13(16)17-4/h6-8H,5,9,15H2,1-4H3. The molecule has 4 nitrogen and oxygen atoms in total. The molecule has 0 fully saturated rings. The van der Waals surface area contributed by atoms with Crippen LogP contribution in [0.1, 0.15) is 26.3 Å². The summed E-state index contributed by atoms with van der Waals surface area (Å²) in [5.74, 6) is 0.301. The van der Waals surface area contributed by atoms with Gasteiger partial charge in [-0.15, -0.1) is 0 Å². The highest BCUT2D eigenvalue weighted by molar-refractivity contribution is 5.76. The van der Waals surface area contributed by atoms with E-state index in [2.05, 4.69) is 6.92 Å². The molecule has 0 atom stereocenters. The van der Waals surface area contributed by atoms with E-state index in [0.29, 0.717) is 11.4 Å². The summed E-state index contributed by atoms with van der Waals surface area (Å²) in [5.41, 5.74) is 6.96. The van der Waals surface area contributed by atoms with Gasteiger partial charge in [0.25, 0.3) is 0 Å². The first-order chi connectivity index (χ1) is 8.40. The average Bonchev–Trinajstić information content (AvgIpc) is 2.36. The molecular weight excluding hydrogens is 230 g/mol. The fourth-order valence-corrected chi connectivity index (χ4v) is 1.54. The third-order valence-electron chi connectivity index (χ3n) is 2.81. The summed E-state index contributed by atoms with van der Waals surface area (Å²) in [6, 6.07) is 5.69. The van der Waals surface area contributed by atoms with Gasteiger partial charge in [0.05, 0.1) is 18.2 Å². The molecule has 0 heterocycles. The Morgan fingerprint density at radius 1 is 1.39 bits per heavy atom. The number of benzene rings is 1. The van der Waals surface area contributed by atoms with Crippen LogP contribution in [0.15, 0.2) is 18.2 Å². The Hall–Kier alpha value is -1.71. The summed E-state index contributed by atoms with van der Waals surface area (Å²) in [7, 11) is 1.37. The molecule has 1 rings (SSSR count). The number of carbonyl (C=O) groups is 1. The number of aryl methyl sites for hydroxylation is 1. The van der Waals surface area contributed by atoms with E-state index in [4.69, 9.17) is 15.2 Å². The molecular formula is C14H21NO3. The monoisotopic (exact) mass is 251 g/mol. The third kappa shape index (κ3) is 3.39. The minimum absolute atomic E-state index is 0.231. The molecule has 0 unspecified atom stereocenters. The molecule has 1 aromatic carbocycles. The van der Waals surface area contributed by atoms with Gasteiger partial charge in [-0.25, -0.2) is 0 Å². The maximum atomic E-state index is 11.5. The van der Waals surface area contributed by atoms with Gasteiger partial charge in [0.2, 0.25) is 0 Å². The molecule has 0 saturated carbocycles. The van der Waals surface area contributed by atoms with Gasteiger partial charge < -0.3 is 15.2 Å². The molecule has 2 N–H and O–H groups in total. The number of hydrogen-bond donors (Lipinski definition) is 1. The second-order valence-electron chi connectivity index (χ2n) is 4.89. The van der Waals surface area contributed by atoms with Crippen LogP contribution in [0.25, 0.3) is 0 Å². The number of anilines is 1. The molecule has 4 heteroatoms. The first-order valence-electron chi connectivity index (χ1n) is 6.00. The Kier molecular flexibility index (Phi) is 4.59. The van der Waals surface area contributed by atoms with Gasteiger partial charge in [0.1, 0.15) is 12.4 Å². The van der Waals surface area contributed by atoms with Gasteiger partial charge in [-0.3, -0.25) is 4.79 Å². The molecule has 18 heavy (non-hydrogen) atoms. The fourth-order valence-electron chi connectivity index (χ4n) is 1.54. The highest BCUT2D eigenvalue weighted by atomic mass is 16.5. The smallest absolute Gasteiger partial charge is 0.314 e. The van der Waals surface area contributed by atoms with E-state index in [1.165, 1.54) is 7.11 Å². The maximum absolute atomic E-state index is 11.5. The minimum Gasteiger partial charge on any atom is -0.490 e. The average molecular weight is 251 g/mol. The van der Waals surface area contributed by atoms with Crippen molar-refractivity contribution in [2.45, 2.75) is 27.2 Å². The van der Waals surface area contributed by atoms with Gasteiger partial charge in [-0.2, -0.15) is 0 Å². The number of ether oxygens (including phenoxy) is 2. The third-order valence-corrected chi connectivity index (χ3v) is 2.81. The molecule has 0 saturated heterocycles. The Morgan fingerprint density at radius 3 is 2.56 bits per heavy atom. The van der Waals surface area contributed by atoms with Crippen LogP contribution in [0.5, 0.6) is 5.75 Å². The van der Waals surface area contributed by atoms with Crippen molar-refractivity contribution in [1.29, 1.82) is 0 Å². The van der Waals surface area contributed by atoms with E-state index in [-0.39, 0.29) is 12.6 Å². The van der Waals surface area contributed by atoms with Crippen molar-refractivity contribution < 1.29 is 14.3 Å². The van der Waals surface area contributed by atoms with Crippen LogP contribution in [-0.2, 0) is 16.0 Å². The van der Waals surface area contributed by atoms with Gasteiger partial charge in [0.15, 0.2) is 0 Å². The first kappa shape index (κ1) is 14.4. The van der Waals surface area contributed by atoms with Crippen LogP contribution < -0.4 is 10.5 Å². The largest absolute Gasteiger partial charge is 0.490 e. The van der Waals surface area contributed by atoms with Gasteiger partial charge in [-0.1, -0.05) is 13.0 Å². The Balaban J connectivity index is 2.72. The van der Waals surface area contributed by atoms with Gasteiger partial charge in [0, 0.05) is 0 Å². The number of hydrogen-bond acceptors (Lipinski definition) is 4. The summed E-state index contributed by atoms with van der Waals surface area (Å²) >= 11 is 0. The van der Waals surface area contributed by atoms with E-state index < -0.39 is 5.41 Å². The predicted octanol–water partition coefficient (Wildman–Crippen LogP) is 2.41. The van der Waals surface area contributed by atoms with Crippen LogP contribution >= 0.6 is 0 Å². The Labute approximate surface area is 108 Å². The maximum Gasteiger partial charge on any atom is 0.314 e. The molecule has 0 aliphatic carbocycles. The fraction of sp³-hybridized carbons (Fsp3) is 0.500. The van der Waals surface area contributed by atoms with Crippen LogP contribution in [-0.4, -0.2) is 19.7 Å². The van der Waals surface area contributed by atoms with Crippen LogP contribution in [0.4, 0.5) is 5.69 Å². The lowest BCUT2D eigenvalue weighted by atomic mass is 9.95. The molecule has 0 aliphatic heterocycles. The zero-order valence-corrected chi connectivity index (χ0v) is 11.4. The number of nitrogen functional groups attached to an aromatic ring is 1. The van der Waals surface area contributed by atoms with E-state index >= 15 is 0 Å². The number of methoxy groups -OCH3 is 1. The van der Waals surface area contributed by atoms with Crippen molar-refractivity contribution in [3.05, 3.63) is 23.8 Å². The highest BCUT2D eigenvalue weighted by Crippen LogP contribution is 2.26.